The maximum absolute atomic E-state index is 5.34. The summed E-state index contributed by atoms with van der Waals surface area (Å²) in [5.41, 5.74) is 2.32. The normalized spacial score (nSPS) is 10.3. The summed E-state index contributed by atoms with van der Waals surface area (Å²) in [7, 11) is 1.66. The van der Waals surface area contributed by atoms with Gasteiger partial charge in [-0.2, -0.15) is 10.1 Å². The molecule has 2 aromatic carbocycles. The van der Waals surface area contributed by atoms with E-state index in [-0.39, 0.29) is 0 Å². The number of para-hydroxylation sites is 1. The van der Waals surface area contributed by atoms with Crippen LogP contribution in [0.3, 0.4) is 0 Å². The molecule has 0 fully saturated rings. The minimum absolute atomic E-state index is 0.482. The minimum atomic E-state index is 0.482. The molecular weight excluding hydrogens is 314 g/mol. The monoisotopic (exact) mass is 335 g/mol. The molecule has 0 atom stereocenters. The number of rotatable bonds is 8. The highest BCUT2D eigenvalue weighted by Crippen LogP contribution is 2.18. The summed E-state index contributed by atoms with van der Waals surface area (Å²) in [6.07, 6.45) is 2.55. The molecular formula is C19H21N5O. The van der Waals surface area contributed by atoms with Gasteiger partial charge in [0.15, 0.2) is 5.82 Å². The Labute approximate surface area is 147 Å². The first kappa shape index (κ1) is 16.7. The molecule has 3 rings (SSSR count). The van der Waals surface area contributed by atoms with Gasteiger partial charge in [0.1, 0.15) is 5.75 Å². The fourth-order valence-electron chi connectivity index (χ4n) is 2.47. The molecule has 25 heavy (non-hydrogen) atoms. The van der Waals surface area contributed by atoms with E-state index in [1.54, 1.807) is 13.3 Å². The topological polar surface area (TPSA) is 72.0 Å². The second kappa shape index (κ2) is 8.63. The third-order valence-corrected chi connectivity index (χ3v) is 3.75. The number of ether oxygens (including phenoxy) is 1. The Bertz CT molecular complexity index is 795. The van der Waals surface area contributed by atoms with Crippen molar-refractivity contribution in [3.05, 3.63) is 71.9 Å². The highest BCUT2D eigenvalue weighted by Gasteiger charge is 2.04. The fraction of sp³-hybridized carbons (Fsp3) is 0.211. The minimum Gasteiger partial charge on any atom is -0.496 e. The Hall–Kier alpha value is -3.15. The largest absolute Gasteiger partial charge is 0.496 e. The molecule has 128 valence electrons. The van der Waals surface area contributed by atoms with Gasteiger partial charge in [-0.15, -0.1) is 5.10 Å². The van der Waals surface area contributed by atoms with Gasteiger partial charge in [-0.25, -0.2) is 0 Å². The lowest BCUT2D eigenvalue weighted by Crippen LogP contribution is -2.10. The van der Waals surface area contributed by atoms with Crippen molar-refractivity contribution >= 4 is 11.8 Å². The molecule has 1 heterocycles. The molecule has 0 bridgehead atoms. The summed E-state index contributed by atoms with van der Waals surface area (Å²) in [6.45, 7) is 1.35. The molecule has 3 aromatic rings. The second-order valence-corrected chi connectivity index (χ2v) is 5.49. The van der Waals surface area contributed by atoms with Gasteiger partial charge >= 0.3 is 0 Å². The highest BCUT2D eigenvalue weighted by atomic mass is 16.5. The number of nitrogens with one attached hydrogen (secondary N) is 2. The van der Waals surface area contributed by atoms with Crippen LogP contribution in [0, 0.1) is 0 Å². The van der Waals surface area contributed by atoms with Crippen molar-refractivity contribution in [1.82, 2.24) is 15.2 Å². The molecule has 0 unspecified atom stereocenters. The van der Waals surface area contributed by atoms with Crippen LogP contribution < -0.4 is 15.4 Å². The molecule has 0 radical (unpaired) electrons. The van der Waals surface area contributed by atoms with Gasteiger partial charge in [0.05, 0.1) is 13.3 Å². The predicted octanol–water partition coefficient (Wildman–Crippen LogP) is 3.15. The quantitative estimate of drug-likeness (QED) is 0.659. The number of anilines is 2. The Morgan fingerprint density at radius 2 is 1.76 bits per heavy atom. The van der Waals surface area contributed by atoms with E-state index in [0.717, 1.165) is 24.3 Å². The van der Waals surface area contributed by atoms with Crippen LogP contribution >= 0.6 is 0 Å². The molecule has 0 amide bonds. The third-order valence-electron chi connectivity index (χ3n) is 3.75. The van der Waals surface area contributed by atoms with Crippen molar-refractivity contribution in [2.45, 2.75) is 13.0 Å². The average molecular weight is 335 g/mol. The van der Waals surface area contributed by atoms with Crippen molar-refractivity contribution < 1.29 is 4.74 Å². The maximum atomic E-state index is 5.34. The number of hydrogen-bond donors (Lipinski definition) is 2. The molecule has 0 saturated heterocycles. The highest BCUT2D eigenvalue weighted by molar-refractivity contribution is 5.40. The van der Waals surface area contributed by atoms with E-state index in [0.29, 0.717) is 18.3 Å². The van der Waals surface area contributed by atoms with Gasteiger partial charge in [0.25, 0.3) is 0 Å². The lowest BCUT2D eigenvalue weighted by atomic mass is 10.1. The van der Waals surface area contributed by atoms with Gasteiger partial charge in [-0.1, -0.05) is 48.5 Å². The van der Waals surface area contributed by atoms with Gasteiger partial charge in [0.2, 0.25) is 5.95 Å². The van der Waals surface area contributed by atoms with Crippen LogP contribution in [0.4, 0.5) is 11.8 Å². The Morgan fingerprint density at radius 1 is 0.960 bits per heavy atom. The molecule has 0 spiro atoms. The lowest BCUT2D eigenvalue weighted by Gasteiger charge is -2.10. The van der Waals surface area contributed by atoms with Crippen molar-refractivity contribution in [1.29, 1.82) is 0 Å². The van der Waals surface area contributed by atoms with Crippen molar-refractivity contribution in [2.24, 2.45) is 0 Å². The SMILES string of the molecule is COc1ccccc1CNc1nncc(NCCc2ccccc2)n1. The molecule has 0 aliphatic carbocycles. The Balaban J connectivity index is 1.54. The summed E-state index contributed by atoms with van der Waals surface area (Å²) in [5.74, 6) is 2.02. The fourth-order valence-corrected chi connectivity index (χ4v) is 2.47. The van der Waals surface area contributed by atoms with Gasteiger partial charge < -0.3 is 15.4 Å². The zero-order valence-electron chi connectivity index (χ0n) is 14.1. The van der Waals surface area contributed by atoms with Crippen LogP contribution in [0.5, 0.6) is 5.75 Å². The summed E-state index contributed by atoms with van der Waals surface area (Å²) in [5, 5.41) is 14.5. The van der Waals surface area contributed by atoms with Crippen LogP contribution in [0.2, 0.25) is 0 Å². The summed E-state index contributed by atoms with van der Waals surface area (Å²) < 4.78 is 5.34. The molecule has 2 N–H and O–H groups in total. The van der Waals surface area contributed by atoms with Crippen LogP contribution in [0.25, 0.3) is 0 Å². The number of methoxy groups -OCH3 is 1. The number of benzene rings is 2. The zero-order valence-corrected chi connectivity index (χ0v) is 14.1. The Kier molecular flexibility index (Phi) is 5.77. The van der Waals surface area contributed by atoms with Crippen molar-refractivity contribution in [3.8, 4) is 5.75 Å². The number of nitrogens with zero attached hydrogens (tertiary/aromatic N) is 3. The first-order valence-corrected chi connectivity index (χ1v) is 8.18. The molecule has 0 saturated carbocycles. The van der Waals surface area contributed by atoms with E-state index in [1.165, 1.54) is 5.56 Å². The average Bonchev–Trinajstić information content (AvgIpc) is 2.68. The standard InChI is InChI=1S/C19H21N5O/c1-25-17-10-6-5-9-16(17)13-21-19-23-18(14-22-24-19)20-12-11-15-7-3-2-4-8-15/h2-10,14H,11-13H2,1H3,(H2,20,21,23,24). The summed E-state index contributed by atoms with van der Waals surface area (Å²) in [4.78, 5) is 4.44. The van der Waals surface area contributed by atoms with Crippen molar-refractivity contribution in [2.75, 3.05) is 24.3 Å². The van der Waals surface area contributed by atoms with Crippen molar-refractivity contribution in [3.63, 3.8) is 0 Å². The van der Waals surface area contributed by atoms with Gasteiger partial charge in [-0.05, 0) is 18.1 Å². The Morgan fingerprint density at radius 3 is 2.60 bits per heavy atom. The lowest BCUT2D eigenvalue weighted by molar-refractivity contribution is 0.410. The molecule has 6 heteroatoms. The van der Waals surface area contributed by atoms with Crippen LogP contribution in [0.1, 0.15) is 11.1 Å². The van der Waals surface area contributed by atoms with Gasteiger partial charge in [0, 0.05) is 18.7 Å². The van der Waals surface area contributed by atoms with E-state index < -0.39 is 0 Å². The van der Waals surface area contributed by atoms with E-state index in [4.69, 9.17) is 4.74 Å². The first-order chi connectivity index (χ1) is 12.3. The number of hydrogen-bond acceptors (Lipinski definition) is 6. The molecule has 0 aliphatic heterocycles. The molecule has 1 aromatic heterocycles. The second-order valence-electron chi connectivity index (χ2n) is 5.49. The maximum Gasteiger partial charge on any atom is 0.244 e. The van der Waals surface area contributed by atoms with Gasteiger partial charge in [-0.3, -0.25) is 0 Å². The van der Waals surface area contributed by atoms with E-state index >= 15 is 0 Å². The van der Waals surface area contributed by atoms with E-state index in [1.807, 2.05) is 42.5 Å². The smallest absolute Gasteiger partial charge is 0.244 e. The molecule has 6 nitrogen and oxygen atoms in total. The van der Waals surface area contributed by atoms with E-state index in [2.05, 4.69) is 37.9 Å². The number of aromatic nitrogens is 3. The third kappa shape index (κ3) is 4.91. The van der Waals surface area contributed by atoms with Crippen LogP contribution in [0.15, 0.2) is 60.8 Å². The van der Waals surface area contributed by atoms with Crippen LogP contribution in [-0.4, -0.2) is 28.8 Å². The van der Waals surface area contributed by atoms with E-state index in [9.17, 15) is 0 Å². The first-order valence-electron chi connectivity index (χ1n) is 8.18. The van der Waals surface area contributed by atoms with Crippen LogP contribution in [-0.2, 0) is 13.0 Å². The predicted molar refractivity (Wildman–Crippen MR) is 98.8 cm³/mol. The summed E-state index contributed by atoms with van der Waals surface area (Å²) >= 11 is 0. The zero-order chi connectivity index (χ0) is 17.3. The molecule has 0 aliphatic rings. The summed E-state index contributed by atoms with van der Waals surface area (Å²) in [6, 6.07) is 18.2.